The van der Waals surface area contributed by atoms with Crippen LogP contribution in [0, 0.1) is 0 Å². The second kappa shape index (κ2) is 6.25. The zero-order valence-electron chi connectivity index (χ0n) is 11.5. The van der Waals surface area contributed by atoms with Crippen molar-refractivity contribution in [3.05, 3.63) is 23.8 Å². The lowest BCUT2D eigenvalue weighted by molar-refractivity contribution is 0.0926. The smallest absolute Gasteiger partial charge is 0.180 e. The SMILES string of the molecule is CS(=O)(=O)C1CSCCN1CC(=O)c1ccc(O)cc1O. The molecule has 2 rings (SSSR count). The van der Waals surface area contributed by atoms with Crippen molar-refractivity contribution in [3.8, 4) is 11.5 Å². The molecule has 0 amide bonds. The normalized spacial score (nSPS) is 20.3. The Labute approximate surface area is 127 Å². The lowest BCUT2D eigenvalue weighted by Crippen LogP contribution is -2.48. The summed E-state index contributed by atoms with van der Waals surface area (Å²) < 4.78 is 23.6. The van der Waals surface area contributed by atoms with E-state index < -0.39 is 15.2 Å². The van der Waals surface area contributed by atoms with E-state index in [1.165, 1.54) is 18.4 Å². The Morgan fingerprint density at radius 1 is 1.43 bits per heavy atom. The average Bonchev–Trinajstić information content (AvgIpc) is 2.37. The molecular weight excluding hydrogens is 314 g/mol. The monoisotopic (exact) mass is 331 g/mol. The number of carbonyl (C=O) groups excluding carboxylic acids is 1. The second-order valence-electron chi connectivity index (χ2n) is 4.95. The third kappa shape index (κ3) is 3.90. The highest BCUT2D eigenvalue weighted by atomic mass is 32.2. The van der Waals surface area contributed by atoms with E-state index in [0.29, 0.717) is 12.3 Å². The van der Waals surface area contributed by atoms with Gasteiger partial charge in [-0.3, -0.25) is 9.69 Å². The summed E-state index contributed by atoms with van der Waals surface area (Å²) in [6.45, 7) is 0.434. The molecule has 0 radical (unpaired) electrons. The number of Topliss-reactive ketones (excluding diaryl/α,β-unsaturated/α-hetero) is 1. The summed E-state index contributed by atoms with van der Waals surface area (Å²) in [4.78, 5) is 13.9. The van der Waals surface area contributed by atoms with Crippen molar-refractivity contribution in [1.82, 2.24) is 4.90 Å². The number of thioether (sulfide) groups is 1. The van der Waals surface area contributed by atoms with Crippen LogP contribution in [0.2, 0.25) is 0 Å². The van der Waals surface area contributed by atoms with Crippen LogP contribution in [-0.2, 0) is 9.84 Å². The Kier molecular flexibility index (Phi) is 4.80. The van der Waals surface area contributed by atoms with Crippen molar-refractivity contribution in [2.24, 2.45) is 0 Å². The largest absolute Gasteiger partial charge is 0.508 e. The molecule has 6 nitrogen and oxygen atoms in total. The highest BCUT2D eigenvalue weighted by Gasteiger charge is 2.32. The van der Waals surface area contributed by atoms with E-state index in [1.807, 2.05) is 0 Å². The lowest BCUT2D eigenvalue weighted by Gasteiger charge is -2.33. The number of hydrogen-bond acceptors (Lipinski definition) is 7. The van der Waals surface area contributed by atoms with Crippen molar-refractivity contribution >= 4 is 27.4 Å². The Balaban J connectivity index is 2.17. The first kappa shape index (κ1) is 16.1. The van der Waals surface area contributed by atoms with Crippen molar-refractivity contribution < 1.29 is 23.4 Å². The first-order valence-electron chi connectivity index (χ1n) is 6.35. The van der Waals surface area contributed by atoms with Crippen molar-refractivity contribution in [1.29, 1.82) is 0 Å². The van der Waals surface area contributed by atoms with Gasteiger partial charge >= 0.3 is 0 Å². The third-order valence-electron chi connectivity index (χ3n) is 3.31. The molecule has 0 spiro atoms. The number of aromatic hydroxyl groups is 2. The highest BCUT2D eigenvalue weighted by molar-refractivity contribution is 8.00. The van der Waals surface area contributed by atoms with Gasteiger partial charge in [0.2, 0.25) is 0 Å². The van der Waals surface area contributed by atoms with Crippen LogP contribution in [0.5, 0.6) is 11.5 Å². The molecule has 21 heavy (non-hydrogen) atoms. The van der Waals surface area contributed by atoms with Gasteiger partial charge in [-0.2, -0.15) is 11.8 Å². The first-order valence-corrected chi connectivity index (χ1v) is 9.46. The van der Waals surface area contributed by atoms with E-state index in [-0.39, 0.29) is 29.4 Å². The molecule has 1 unspecified atom stereocenters. The summed E-state index contributed by atoms with van der Waals surface area (Å²) in [6, 6.07) is 3.74. The van der Waals surface area contributed by atoms with Crippen LogP contribution in [0.25, 0.3) is 0 Å². The van der Waals surface area contributed by atoms with Crippen LogP contribution in [0.3, 0.4) is 0 Å². The number of sulfone groups is 1. The zero-order valence-corrected chi connectivity index (χ0v) is 13.2. The van der Waals surface area contributed by atoms with Crippen molar-refractivity contribution in [2.75, 3.05) is 30.9 Å². The number of phenols is 2. The fourth-order valence-corrected chi connectivity index (χ4v) is 5.16. The molecule has 2 N–H and O–H groups in total. The van der Waals surface area contributed by atoms with Gasteiger partial charge in [0.05, 0.1) is 12.1 Å². The number of phenolic OH excluding ortho intramolecular Hbond substituents is 2. The maximum Gasteiger partial charge on any atom is 0.180 e. The molecule has 8 heteroatoms. The van der Waals surface area contributed by atoms with E-state index in [9.17, 15) is 23.4 Å². The van der Waals surface area contributed by atoms with Crippen LogP contribution in [0.1, 0.15) is 10.4 Å². The van der Waals surface area contributed by atoms with E-state index in [2.05, 4.69) is 0 Å². The maximum absolute atomic E-state index is 12.2. The summed E-state index contributed by atoms with van der Waals surface area (Å²) in [7, 11) is -3.27. The molecule has 1 fully saturated rings. The Hall–Kier alpha value is -1.25. The zero-order chi connectivity index (χ0) is 15.6. The molecule has 0 saturated carbocycles. The van der Waals surface area contributed by atoms with Gasteiger partial charge < -0.3 is 10.2 Å². The topological polar surface area (TPSA) is 94.9 Å². The Bertz CT molecular complexity index is 644. The van der Waals surface area contributed by atoms with Gasteiger partial charge in [-0.15, -0.1) is 0 Å². The van der Waals surface area contributed by atoms with E-state index in [4.69, 9.17) is 0 Å². The highest BCUT2D eigenvalue weighted by Crippen LogP contribution is 2.25. The number of benzene rings is 1. The second-order valence-corrected chi connectivity index (χ2v) is 8.31. The minimum atomic E-state index is -3.27. The molecule has 0 aromatic heterocycles. The van der Waals surface area contributed by atoms with Gasteiger partial charge in [0, 0.05) is 30.4 Å². The molecule has 1 atom stereocenters. The van der Waals surface area contributed by atoms with E-state index in [0.717, 1.165) is 11.8 Å². The maximum atomic E-state index is 12.2. The molecule has 1 aromatic rings. The van der Waals surface area contributed by atoms with Crippen LogP contribution < -0.4 is 0 Å². The standard InChI is InChI=1S/C13H17NO5S2/c1-21(18,19)13-8-20-5-4-14(13)7-12(17)10-3-2-9(15)6-11(10)16/h2-3,6,13,15-16H,4-5,7-8H2,1H3. The predicted molar refractivity (Wildman–Crippen MR) is 81.6 cm³/mol. The Morgan fingerprint density at radius 2 is 2.14 bits per heavy atom. The molecule has 0 bridgehead atoms. The van der Waals surface area contributed by atoms with Crippen LogP contribution in [0.15, 0.2) is 18.2 Å². The molecule has 1 aromatic carbocycles. The summed E-state index contributed by atoms with van der Waals surface area (Å²) in [5, 5.41) is 18.2. The average molecular weight is 331 g/mol. The predicted octanol–water partition coefficient (Wildman–Crippen LogP) is 0.700. The third-order valence-corrected chi connectivity index (χ3v) is 6.00. The van der Waals surface area contributed by atoms with Gasteiger partial charge in [-0.1, -0.05) is 0 Å². The fraction of sp³-hybridized carbons (Fsp3) is 0.462. The van der Waals surface area contributed by atoms with Gasteiger partial charge in [0.15, 0.2) is 15.6 Å². The summed E-state index contributed by atoms with van der Waals surface area (Å²) in [5.74, 6) is 0.400. The Morgan fingerprint density at radius 3 is 2.76 bits per heavy atom. The van der Waals surface area contributed by atoms with Gasteiger partial charge in [0.25, 0.3) is 0 Å². The minimum Gasteiger partial charge on any atom is -0.508 e. The molecule has 1 heterocycles. The van der Waals surface area contributed by atoms with Gasteiger partial charge in [0.1, 0.15) is 16.9 Å². The van der Waals surface area contributed by atoms with Crippen molar-refractivity contribution in [2.45, 2.75) is 5.37 Å². The number of rotatable bonds is 4. The summed E-state index contributed by atoms with van der Waals surface area (Å²) in [5.41, 5.74) is 0.0817. The fourth-order valence-electron chi connectivity index (χ4n) is 2.22. The number of ketones is 1. The van der Waals surface area contributed by atoms with Crippen LogP contribution in [-0.4, -0.2) is 65.5 Å². The summed E-state index contributed by atoms with van der Waals surface area (Å²) in [6.07, 6.45) is 1.17. The van der Waals surface area contributed by atoms with Gasteiger partial charge in [-0.25, -0.2) is 8.42 Å². The van der Waals surface area contributed by atoms with Crippen molar-refractivity contribution in [3.63, 3.8) is 0 Å². The van der Waals surface area contributed by atoms with E-state index in [1.54, 1.807) is 16.7 Å². The lowest BCUT2D eigenvalue weighted by atomic mass is 10.1. The number of hydrogen-bond donors (Lipinski definition) is 2. The number of nitrogens with zero attached hydrogens (tertiary/aromatic N) is 1. The van der Waals surface area contributed by atoms with Crippen LogP contribution >= 0.6 is 11.8 Å². The number of carbonyl (C=O) groups is 1. The molecule has 1 saturated heterocycles. The quantitative estimate of drug-likeness (QED) is 0.784. The first-order chi connectivity index (χ1) is 9.79. The molecule has 116 valence electrons. The summed E-state index contributed by atoms with van der Waals surface area (Å²) >= 11 is 1.55. The molecular formula is C13H17NO5S2. The molecule has 1 aliphatic rings. The molecule has 1 aliphatic heterocycles. The molecule has 0 aliphatic carbocycles. The van der Waals surface area contributed by atoms with Gasteiger partial charge in [-0.05, 0) is 12.1 Å². The van der Waals surface area contributed by atoms with Crippen LogP contribution in [0.4, 0.5) is 0 Å². The van der Waals surface area contributed by atoms with E-state index >= 15 is 0 Å². The minimum absolute atomic E-state index is 0.0728.